The Balaban J connectivity index is 2.19. The number of nitrogen functional groups attached to an aromatic ring is 1. The molecule has 0 spiro atoms. The predicted octanol–water partition coefficient (Wildman–Crippen LogP) is 3.29. The zero-order valence-corrected chi connectivity index (χ0v) is 10.6. The SMILES string of the molecule is Cc1[nH]c2ccccc2c1C(=O)c1cccc(N)c1. The molecule has 2 aromatic carbocycles. The number of aromatic nitrogens is 1. The van der Waals surface area contributed by atoms with E-state index in [1.807, 2.05) is 31.2 Å². The van der Waals surface area contributed by atoms with Gasteiger partial charge in [0.15, 0.2) is 5.78 Å². The number of carbonyl (C=O) groups excluding carboxylic acids is 1. The van der Waals surface area contributed by atoms with Crippen LogP contribution in [0.25, 0.3) is 10.9 Å². The van der Waals surface area contributed by atoms with E-state index in [-0.39, 0.29) is 5.78 Å². The second-order valence-corrected chi connectivity index (χ2v) is 4.63. The molecular formula is C16H14N2O. The molecule has 0 fully saturated rings. The Kier molecular flexibility index (Phi) is 2.60. The standard InChI is InChI=1S/C16H14N2O/c1-10-15(13-7-2-3-8-14(13)18-10)16(19)11-5-4-6-12(17)9-11/h2-9,18H,17H2,1H3. The molecule has 0 saturated carbocycles. The first-order valence-electron chi connectivity index (χ1n) is 6.14. The number of rotatable bonds is 2. The summed E-state index contributed by atoms with van der Waals surface area (Å²) in [6.07, 6.45) is 0. The Bertz CT molecular complexity index is 771. The zero-order chi connectivity index (χ0) is 13.4. The van der Waals surface area contributed by atoms with E-state index < -0.39 is 0 Å². The van der Waals surface area contributed by atoms with Crippen LogP contribution in [0, 0.1) is 6.92 Å². The van der Waals surface area contributed by atoms with E-state index in [0.29, 0.717) is 11.3 Å². The lowest BCUT2D eigenvalue weighted by molar-refractivity contribution is 0.104. The number of H-pyrrole nitrogens is 1. The van der Waals surface area contributed by atoms with Crippen LogP contribution in [0.15, 0.2) is 48.5 Å². The van der Waals surface area contributed by atoms with Crippen molar-refractivity contribution in [1.29, 1.82) is 0 Å². The van der Waals surface area contributed by atoms with Gasteiger partial charge in [0.05, 0.1) is 5.56 Å². The molecule has 3 N–H and O–H groups in total. The predicted molar refractivity (Wildman–Crippen MR) is 77.3 cm³/mol. The van der Waals surface area contributed by atoms with E-state index in [1.54, 1.807) is 24.3 Å². The first-order valence-corrected chi connectivity index (χ1v) is 6.14. The Morgan fingerprint density at radius 2 is 1.89 bits per heavy atom. The minimum atomic E-state index is 0.00208. The lowest BCUT2D eigenvalue weighted by atomic mass is 10.00. The van der Waals surface area contributed by atoms with Crippen LogP contribution in [-0.2, 0) is 0 Å². The first kappa shape index (κ1) is 11.5. The summed E-state index contributed by atoms with van der Waals surface area (Å²) in [6.45, 7) is 1.92. The smallest absolute Gasteiger partial charge is 0.195 e. The minimum absolute atomic E-state index is 0.00208. The second-order valence-electron chi connectivity index (χ2n) is 4.63. The summed E-state index contributed by atoms with van der Waals surface area (Å²) in [6, 6.07) is 14.9. The van der Waals surface area contributed by atoms with Crippen LogP contribution in [0.1, 0.15) is 21.6 Å². The van der Waals surface area contributed by atoms with Crippen LogP contribution in [0.3, 0.4) is 0 Å². The average molecular weight is 250 g/mol. The van der Waals surface area contributed by atoms with Crippen molar-refractivity contribution in [2.24, 2.45) is 0 Å². The molecule has 0 aliphatic heterocycles. The highest BCUT2D eigenvalue weighted by Gasteiger charge is 2.17. The highest BCUT2D eigenvalue weighted by Crippen LogP contribution is 2.25. The Labute approximate surface area is 111 Å². The van der Waals surface area contributed by atoms with E-state index in [0.717, 1.165) is 22.2 Å². The highest BCUT2D eigenvalue weighted by atomic mass is 16.1. The number of hydrogen-bond acceptors (Lipinski definition) is 2. The Morgan fingerprint density at radius 3 is 2.68 bits per heavy atom. The third-order valence-corrected chi connectivity index (χ3v) is 3.27. The van der Waals surface area contributed by atoms with Crippen molar-refractivity contribution in [1.82, 2.24) is 4.98 Å². The third-order valence-electron chi connectivity index (χ3n) is 3.27. The fourth-order valence-corrected chi connectivity index (χ4v) is 2.39. The van der Waals surface area contributed by atoms with Gasteiger partial charge in [-0.1, -0.05) is 30.3 Å². The number of carbonyl (C=O) groups is 1. The number of aryl methyl sites for hydroxylation is 1. The lowest BCUT2D eigenvalue weighted by Crippen LogP contribution is -2.03. The van der Waals surface area contributed by atoms with E-state index in [9.17, 15) is 4.79 Å². The van der Waals surface area contributed by atoms with Crippen molar-refractivity contribution in [2.45, 2.75) is 6.92 Å². The third kappa shape index (κ3) is 1.89. The van der Waals surface area contributed by atoms with Crippen LogP contribution < -0.4 is 5.73 Å². The molecule has 0 bridgehead atoms. The van der Waals surface area contributed by atoms with Crippen molar-refractivity contribution < 1.29 is 4.79 Å². The minimum Gasteiger partial charge on any atom is -0.399 e. The van der Waals surface area contributed by atoms with Gasteiger partial charge in [0.1, 0.15) is 0 Å². The lowest BCUT2D eigenvalue weighted by Gasteiger charge is -2.02. The summed E-state index contributed by atoms with van der Waals surface area (Å²) in [5.74, 6) is 0.00208. The van der Waals surface area contributed by atoms with Crippen molar-refractivity contribution in [3.8, 4) is 0 Å². The molecule has 1 aromatic heterocycles. The number of para-hydroxylation sites is 1. The molecule has 0 amide bonds. The van der Waals surface area contributed by atoms with Crippen LogP contribution in [0.5, 0.6) is 0 Å². The molecule has 0 radical (unpaired) electrons. The molecule has 19 heavy (non-hydrogen) atoms. The number of anilines is 1. The van der Waals surface area contributed by atoms with Crippen molar-refractivity contribution in [3.05, 3.63) is 65.4 Å². The fourth-order valence-electron chi connectivity index (χ4n) is 2.39. The number of nitrogens with two attached hydrogens (primary N) is 1. The van der Waals surface area contributed by atoms with Gasteiger partial charge in [0, 0.05) is 27.8 Å². The monoisotopic (exact) mass is 250 g/mol. The molecule has 0 aliphatic rings. The van der Waals surface area contributed by atoms with Gasteiger partial charge in [-0.25, -0.2) is 0 Å². The van der Waals surface area contributed by atoms with Crippen molar-refractivity contribution in [2.75, 3.05) is 5.73 Å². The number of fused-ring (bicyclic) bond motifs is 1. The quantitative estimate of drug-likeness (QED) is 0.541. The van der Waals surface area contributed by atoms with Gasteiger partial charge in [-0.15, -0.1) is 0 Å². The number of nitrogens with one attached hydrogen (secondary N) is 1. The summed E-state index contributed by atoms with van der Waals surface area (Å²) in [5.41, 5.74) is 9.54. The molecule has 3 heteroatoms. The molecule has 94 valence electrons. The van der Waals surface area contributed by atoms with Gasteiger partial charge in [0.2, 0.25) is 0 Å². The van der Waals surface area contributed by atoms with Crippen molar-refractivity contribution >= 4 is 22.4 Å². The van der Waals surface area contributed by atoms with Crippen LogP contribution in [-0.4, -0.2) is 10.8 Å². The van der Waals surface area contributed by atoms with E-state index >= 15 is 0 Å². The van der Waals surface area contributed by atoms with Crippen LogP contribution >= 0.6 is 0 Å². The van der Waals surface area contributed by atoms with Gasteiger partial charge >= 0.3 is 0 Å². The second kappa shape index (κ2) is 4.28. The molecule has 3 rings (SSSR count). The molecule has 1 heterocycles. The number of aromatic amines is 1. The first-order chi connectivity index (χ1) is 9.16. The summed E-state index contributed by atoms with van der Waals surface area (Å²) in [5, 5.41) is 0.951. The van der Waals surface area contributed by atoms with E-state index in [1.165, 1.54) is 0 Å². The van der Waals surface area contributed by atoms with E-state index in [4.69, 9.17) is 5.73 Å². The zero-order valence-electron chi connectivity index (χ0n) is 10.6. The Hall–Kier alpha value is -2.55. The molecule has 0 atom stereocenters. The van der Waals surface area contributed by atoms with Crippen molar-refractivity contribution in [3.63, 3.8) is 0 Å². The average Bonchev–Trinajstić information content (AvgIpc) is 2.74. The van der Waals surface area contributed by atoms with Gasteiger partial charge in [-0.2, -0.15) is 0 Å². The summed E-state index contributed by atoms with van der Waals surface area (Å²) in [4.78, 5) is 15.9. The molecule has 3 nitrogen and oxygen atoms in total. The molecular weight excluding hydrogens is 236 g/mol. The van der Waals surface area contributed by atoms with E-state index in [2.05, 4.69) is 4.98 Å². The van der Waals surface area contributed by atoms with Crippen LogP contribution in [0.2, 0.25) is 0 Å². The number of benzene rings is 2. The maximum absolute atomic E-state index is 12.6. The topological polar surface area (TPSA) is 58.9 Å². The van der Waals surface area contributed by atoms with Crippen LogP contribution in [0.4, 0.5) is 5.69 Å². The summed E-state index contributed by atoms with van der Waals surface area (Å²) in [7, 11) is 0. The highest BCUT2D eigenvalue weighted by molar-refractivity contribution is 6.17. The number of ketones is 1. The normalized spacial score (nSPS) is 10.8. The van der Waals surface area contributed by atoms with Gasteiger partial charge in [0.25, 0.3) is 0 Å². The number of hydrogen-bond donors (Lipinski definition) is 2. The maximum atomic E-state index is 12.6. The fraction of sp³-hybridized carbons (Fsp3) is 0.0625. The van der Waals surface area contributed by atoms with Gasteiger partial charge < -0.3 is 10.7 Å². The summed E-state index contributed by atoms with van der Waals surface area (Å²) >= 11 is 0. The molecule has 3 aromatic rings. The molecule has 0 aliphatic carbocycles. The summed E-state index contributed by atoms with van der Waals surface area (Å²) < 4.78 is 0. The molecule has 0 unspecified atom stereocenters. The van der Waals surface area contributed by atoms with Gasteiger partial charge in [-0.05, 0) is 25.1 Å². The molecule has 0 saturated heterocycles. The Morgan fingerprint density at radius 1 is 1.11 bits per heavy atom. The maximum Gasteiger partial charge on any atom is 0.195 e. The van der Waals surface area contributed by atoms with Gasteiger partial charge in [-0.3, -0.25) is 4.79 Å². The largest absolute Gasteiger partial charge is 0.399 e.